The summed E-state index contributed by atoms with van der Waals surface area (Å²) in [6, 6.07) is 5.65. The van der Waals surface area contributed by atoms with E-state index in [1.165, 1.54) is 0 Å². The molecular weight excluding hydrogens is 258 g/mol. The van der Waals surface area contributed by atoms with Gasteiger partial charge in [0, 0.05) is 13.2 Å². The minimum absolute atomic E-state index is 0.0447. The van der Waals surface area contributed by atoms with Crippen molar-refractivity contribution < 1.29 is 5.11 Å². The first kappa shape index (κ1) is 10.3. The minimum atomic E-state index is -0.0447. The standard InChI is InChI=1S/C10H10BrN3O/c1-14-8(6-15)9(11)13-10(14)7-4-2-3-5-12-7/h2-5,15H,6H2,1H3. The summed E-state index contributed by atoms with van der Waals surface area (Å²) in [7, 11) is 1.85. The molecule has 1 N–H and O–H groups in total. The average Bonchev–Trinajstić information content (AvgIpc) is 2.55. The van der Waals surface area contributed by atoms with Gasteiger partial charge in [0.15, 0.2) is 5.82 Å². The third-order valence-corrected chi connectivity index (χ3v) is 2.84. The first-order valence-corrected chi connectivity index (χ1v) is 5.26. The Hall–Kier alpha value is -1.20. The fraction of sp³-hybridized carbons (Fsp3) is 0.200. The van der Waals surface area contributed by atoms with Crippen LogP contribution in [0.5, 0.6) is 0 Å². The lowest BCUT2D eigenvalue weighted by atomic mass is 10.3. The van der Waals surface area contributed by atoms with Crippen LogP contribution in [0, 0.1) is 0 Å². The Kier molecular flexibility index (Phi) is 2.83. The van der Waals surface area contributed by atoms with Crippen molar-refractivity contribution in [2.45, 2.75) is 6.61 Å². The Bertz CT molecular complexity index is 467. The van der Waals surface area contributed by atoms with Crippen LogP contribution >= 0.6 is 15.9 Å². The molecule has 0 aliphatic carbocycles. The molecule has 0 aliphatic heterocycles. The average molecular weight is 268 g/mol. The van der Waals surface area contributed by atoms with Crippen LogP contribution in [-0.4, -0.2) is 19.6 Å². The highest BCUT2D eigenvalue weighted by Gasteiger charge is 2.13. The molecule has 2 heterocycles. The Morgan fingerprint density at radius 3 is 2.80 bits per heavy atom. The molecule has 0 aliphatic rings. The Labute approximate surface area is 95.7 Å². The van der Waals surface area contributed by atoms with Crippen LogP contribution in [0.25, 0.3) is 11.5 Å². The van der Waals surface area contributed by atoms with Crippen molar-refractivity contribution in [3.8, 4) is 11.5 Å². The second kappa shape index (κ2) is 4.12. The van der Waals surface area contributed by atoms with Gasteiger partial charge in [-0.2, -0.15) is 0 Å². The number of halogens is 1. The van der Waals surface area contributed by atoms with Crippen molar-refractivity contribution in [2.75, 3.05) is 0 Å². The highest BCUT2D eigenvalue weighted by molar-refractivity contribution is 9.10. The molecule has 0 amide bonds. The molecule has 15 heavy (non-hydrogen) atoms. The predicted octanol–water partition coefficient (Wildman–Crippen LogP) is 1.74. The monoisotopic (exact) mass is 267 g/mol. The third kappa shape index (κ3) is 1.80. The van der Waals surface area contributed by atoms with Crippen molar-refractivity contribution in [3.05, 3.63) is 34.7 Å². The molecule has 0 fully saturated rings. The number of aliphatic hydroxyl groups is 1. The second-order valence-electron chi connectivity index (χ2n) is 3.11. The van der Waals surface area contributed by atoms with Crippen molar-refractivity contribution >= 4 is 15.9 Å². The molecule has 2 aromatic rings. The number of hydrogen-bond donors (Lipinski definition) is 1. The van der Waals surface area contributed by atoms with Crippen molar-refractivity contribution in [2.24, 2.45) is 7.05 Å². The molecule has 0 radical (unpaired) electrons. The van der Waals surface area contributed by atoms with Crippen LogP contribution in [0.15, 0.2) is 29.0 Å². The molecule has 0 bridgehead atoms. The minimum Gasteiger partial charge on any atom is -0.390 e. The largest absolute Gasteiger partial charge is 0.390 e. The van der Waals surface area contributed by atoms with Gasteiger partial charge >= 0.3 is 0 Å². The maximum atomic E-state index is 9.15. The van der Waals surface area contributed by atoms with Gasteiger partial charge in [-0.05, 0) is 28.1 Å². The van der Waals surface area contributed by atoms with Gasteiger partial charge < -0.3 is 9.67 Å². The van der Waals surface area contributed by atoms with Gasteiger partial charge in [-0.25, -0.2) is 4.98 Å². The molecule has 2 aromatic heterocycles. The lowest BCUT2D eigenvalue weighted by Gasteiger charge is -2.02. The van der Waals surface area contributed by atoms with Crippen LogP contribution < -0.4 is 0 Å². The topological polar surface area (TPSA) is 50.9 Å². The number of hydrogen-bond acceptors (Lipinski definition) is 3. The van der Waals surface area contributed by atoms with Crippen molar-refractivity contribution in [3.63, 3.8) is 0 Å². The zero-order chi connectivity index (χ0) is 10.8. The number of nitrogens with zero attached hydrogens (tertiary/aromatic N) is 3. The van der Waals surface area contributed by atoms with Gasteiger partial charge in [0.05, 0.1) is 12.3 Å². The molecule has 0 spiro atoms. The molecule has 2 rings (SSSR count). The van der Waals surface area contributed by atoms with Gasteiger partial charge in [-0.3, -0.25) is 4.98 Å². The Morgan fingerprint density at radius 2 is 2.27 bits per heavy atom. The molecule has 0 saturated carbocycles. The van der Waals surface area contributed by atoms with Gasteiger partial charge in [-0.15, -0.1) is 0 Å². The molecule has 0 unspecified atom stereocenters. The molecule has 78 valence electrons. The summed E-state index contributed by atoms with van der Waals surface area (Å²) < 4.78 is 2.49. The Morgan fingerprint density at radius 1 is 1.47 bits per heavy atom. The van der Waals surface area contributed by atoms with E-state index < -0.39 is 0 Å². The van der Waals surface area contributed by atoms with Gasteiger partial charge in [0.25, 0.3) is 0 Å². The highest BCUT2D eigenvalue weighted by Crippen LogP contribution is 2.23. The first-order valence-electron chi connectivity index (χ1n) is 4.47. The van der Waals surface area contributed by atoms with E-state index in [0.29, 0.717) is 4.60 Å². The maximum absolute atomic E-state index is 9.15. The lowest BCUT2D eigenvalue weighted by molar-refractivity contribution is 0.272. The molecular formula is C10H10BrN3O. The molecule has 4 nitrogen and oxygen atoms in total. The fourth-order valence-corrected chi connectivity index (χ4v) is 1.95. The van der Waals surface area contributed by atoms with Crippen LogP contribution in [0.4, 0.5) is 0 Å². The van der Waals surface area contributed by atoms with E-state index in [-0.39, 0.29) is 6.61 Å². The number of aromatic nitrogens is 3. The van der Waals surface area contributed by atoms with Crippen molar-refractivity contribution in [1.82, 2.24) is 14.5 Å². The summed E-state index contributed by atoms with van der Waals surface area (Å²) in [6.45, 7) is -0.0447. The number of imidazole rings is 1. The van der Waals surface area contributed by atoms with Gasteiger partial charge in [0.2, 0.25) is 0 Å². The SMILES string of the molecule is Cn1c(-c2ccccn2)nc(Br)c1CO. The van der Waals surface area contributed by atoms with E-state index in [0.717, 1.165) is 17.2 Å². The summed E-state index contributed by atoms with van der Waals surface area (Å²) >= 11 is 3.31. The molecule has 0 atom stereocenters. The van der Waals surface area contributed by atoms with Gasteiger partial charge in [0.1, 0.15) is 10.3 Å². The normalized spacial score (nSPS) is 10.6. The van der Waals surface area contributed by atoms with E-state index in [9.17, 15) is 0 Å². The van der Waals surface area contributed by atoms with Gasteiger partial charge in [-0.1, -0.05) is 6.07 Å². The van der Waals surface area contributed by atoms with Crippen LogP contribution in [0.2, 0.25) is 0 Å². The molecule has 0 saturated heterocycles. The summed E-state index contributed by atoms with van der Waals surface area (Å²) in [5, 5.41) is 9.15. The first-order chi connectivity index (χ1) is 7.24. The molecule has 0 aromatic carbocycles. The van der Waals surface area contributed by atoms with Crippen LogP contribution in [0.3, 0.4) is 0 Å². The van der Waals surface area contributed by atoms with E-state index >= 15 is 0 Å². The number of aliphatic hydroxyl groups excluding tert-OH is 1. The van der Waals surface area contributed by atoms with Crippen molar-refractivity contribution in [1.29, 1.82) is 0 Å². The summed E-state index contributed by atoms with van der Waals surface area (Å²) in [5.41, 5.74) is 1.54. The van der Waals surface area contributed by atoms with E-state index in [2.05, 4.69) is 25.9 Å². The van der Waals surface area contributed by atoms with E-state index in [1.54, 1.807) is 6.20 Å². The number of pyridine rings is 1. The van der Waals surface area contributed by atoms with E-state index in [4.69, 9.17) is 5.11 Å². The van der Waals surface area contributed by atoms with E-state index in [1.807, 2.05) is 29.8 Å². The Balaban J connectivity index is 2.55. The summed E-state index contributed by atoms with van der Waals surface area (Å²) in [6.07, 6.45) is 1.72. The fourth-order valence-electron chi connectivity index (χ4n) is 1.39. The molecule has 5 heteroatoms. The van der Waals surface area contributed by atoms with Crippen LogP contribution in [-0.2, 0) is 13.7 Å². The number of rotatable bonds is 2. The highest BCUT2D eigenvalue weighted by atomic mass is 79.9. The van der Waals surface area contributed by atoms with Crippen LogP contribution in [0.1, 0.15) is 5.69 Å². The summed E-state index contributed by atoms with van der Waals surface area (Å²) in [4.78, 5) is 8.52. The quantitative estimate of drug-likeness (QED) is 0.902. The maximum Gasteiger partial charge on any atom is 0.160 e. The predicted molar refractivity (Wildman–Crippen MR) is 60.1 cm³/mol. The third-order valence-electron chi connectivity index (χ3n) is 2.21. The lowest BCUT2D eigenvalue weighted by Crippen LogP contribution is -1.99. The smallest absolute Gasteiger partial charge is 0.160 e. The zero-order valence-electron chi connectivity index (χ0n) is 8.18. The summed E-state index contributed by atoms with van der Waals surface area (Å²) in [5.74, 6) is 0.742. The zero-order valence-corrected chi connectivity index (χ0v) is 9.77. The second-order valence-corrected chi connectivity index (χ2v) is 3.86.